The Morgan fingerprint density at radius 3 is 2.46 bits per heavy atom. The smallest absolute Gasteiger partial charge is 0.337 e. The maximum Gasteiger partial charge on any atom is 0.337 e. The minimum atomic E-state index is -2.34. The van der Waals surface area contributed by atoms with Crippen molar-refractivity contribution < 1.29 is 19.7 Å². The fraction of sp³-hybridized carbons (Fsp3) is 0.667. The van der Waals surface area contributed by atoms with Crippen molar-refractivity contribution in [1.29, 1.82) is 0 Å². The third-order valence-electron chi connectivity index (χ3n) is 1.59. The van der Waals surface area contributed by atoms with Gasteiger partial charge in [-0.15, -0.1) is 0 Å². The molecule has 0 amide bonds. The van der Waals surface area contributed by atoms with Gasteiger partial charge in [0.1, 0.15) is 0 Å². The van der Waals surface area contributed by atoms with Crippen LogP contribution in [-0.2, 0) is 9.53 Å². The maximum absolute atomic E-state index is 11.1. The highest BCUT2D eigenvalue weighted by molar-refractivity contribution is 5.87. The first-order chi connectivity index (χ1) is 5.93. The number of carbonyl (C=O) groups excluding carboxylic acids is 1. The van der Waals surface area contributed by atoms with Gasteiger partial charge >= 0.3 is 11.9 Å². The SMILES string of the molecule is CC=C(C)C(=O)OC(O)(O)CCC. The lowest BCUT2D eigenvalue weighted by Gasteiger charge is -2.20. The van der Waals surface area contributed by atoms with E-state index in [-0.39, 0.29) is 6.42 Å². The summed E-state index contributed by atoms with van der Waals surface area (Å²) in [6.45, 7) is 4.98. The van der Waals surface area contributed by atoms with Gasteiger partial charge in [-0.05, 0) is 20.3 Å². The summed E-state index contributed by atoms with van der Waals surface area (Å²) in [5.74, 6) is -3.04. The number of hydrogen-bond donors (Lipinski definition) is 2. The molecule has 0 fully saturated rings. The second-order valence-electron chi connectivity index (χ2n) is 2.85. The zero-order chi connectivity index (χ0) is 10.5. The zero-order valence-corrected chi connectivity index (χ0v) is 8.20. The molecule has 4 nitrogen and oxygen atoms in total. The average Bonchev–Trinajstić information content (AvgIpc) is 2.01. The van der Waals surface area contributed by atoms with Crippen LogP contribution in [0, 0.1) is 0 Å². The molecule has 0 aliphatic heterocycles. The Morgan fingerprint density at radius 2 is 2.08 bits per heavy atom. The molecule has 0 rings (SSSR count). The van der Waals surface area contributed by atoms with Crippen molar-refractivity contribution in [3.05, 3.63) is 11.6 Å². The van der Waals surface area contributed by atoms with Crippen LogP contribution in [0.1, 0.15) is 33.6 Å². The van der Waals surface area contributed by atoms with E-state index in [0.29, 0.717) is 12.0 Å². The molecular weight excluding hydrogens is 172 g/mol. The molecular formula is C9H16O4. The summed E-state index contributed by atoms with van der Waals surface area (Å²) in [4.78, 5) is 11.1. The Hall–Kier alpha value is -0.870. The van der Waals surface area contributed by atoms with Crippen molar-refractivity contribution in [2.24, 2.45) is 0 Å². The molecule has 4 heteroatoms. The highest BCUT2D eigenvalue weighted by Gasteiger charge is 2.27. The normalized spacial score (nSPS) is 12.8. The van der Waals surface area contributed by atoms with Gasteiger partial charge in [-0.1, -0.05) is 13.0 Å². The van der Waals surface area contributed by atoms with E-state index in [4.69, 9.17) is 10.2 Å². The van der Waals surface area contributed by atoms with Gasteiger partial charge in [-0.25, -0.2) is 4.79 Å². The highest BCUT2D eigenvalue weighted by Crippen LogP contribution is 2.12. The molecule has 0 aliphatic carbocycles. The van der Waals surface area contributed by atoms with E-state index in [9.17, 15) is 4.79 Å². The molecule has 0 spiro atoms. The van der Waals surface area contributed by atoms with Gasteiger partial charge in [-0.2, -0.15) is 0 Å². The predicted molar refractivity (Wildman–Crippen MR) is 47.6 cm³/mol. The van der Waals surface area contributed by atoms with Crippen LogP contribution in [0.2, 0.25) is 0 Å². The van der Waals surface area contributed by atoms with Gasteiger partial charge < -0.3 is 14.9 Å². The standard InChI is InChI=1S/C9H16O4/c1-4-6-9(11,12)13-8(10)7(3)5-2/h5,11-12H,4,6H2,1-3H3. The van der Waals surface area contributed by atoms with Gasteiger partial charge in [0, 0.05) is 12.0 Å². The summed E-state index contributed by atoms with van der Waals surface area (Å²) in [5, 5.41) is 18.2. The molecule has 0 aromatic heterocycles. The molecule has 0 aromatic carbocycles. The molecule has 0 atom stereocenters. The van der Waals surface area contributed by atoms with Crippen LogP contribution in [0.5, 0.6) is 0 Å². The van der Waals surface area contributed by atoms with Crippen molar-refractivity contribution in [3.8, 4) is 0 Å². The van der Waals surface area contributed by atoms with E-state index in [2.05, 4.69) is 4.74 Å². The molecule has 0 saturated carbocycles. The topological polar surface area (TPSA) is 66.8 Å². The summed E-state index contributed by atoms with van der Waals surface area (Å²) in [5.41, 5.74) is 0.351. The molecule has 0 bridgehead atoms. The maximum atomic E-state index is 11.1. The summed E-state index contributed by atoms with van der Waals surface area (Å²) >= 11 is 0. The quantitative estimate of drug-likeness (QED) is 0.391. The first kappa shape index (κ1) is 12.1. The van der Waals surface area contributed by atoms with Crippen molar-refractivity contribution >= 4 is 5.97 Å². The van der Waals surface area contributed by atoms with E-state index < -0.39 is 11.9 Å². The van der Waals surface area contributed by atoms with Crippen LogP contribution in [0.4, 0.5) is 0 Å². The summed E-state index contributed by atoms with van der Waals surface area (Å²) in [6, 6.07) is 0. The Kier molecular flexibility index (Phi) is 4.66. The van der Waals surface area contributed by atoms with Crippen molar-refractivity contribution in [3.63, 3.8) is 0 Å². The van der Waals surface area contributed by atoms with Crippen molar-refractivity contribution in [2.45, 2.75) is 39.6 Å². The number of carbonyl (C=O) groups is 1. The third kappa shape index (κ3) is 4.65. The van der Waals surface area contributed by atoms with E-state index in [1.54, 1.807) is 26.8 Å². The third-order valence-corrected chi connectivity index (χ3v) is 1.59. The van der Waals surface area contributed by atoms with E-state index >= 15 is 0 Å². The van der Waals surface area contributed by atoms with Crippen molar-refractivity contribution in [2.75, 3.05) is 0 Å². The monoisotopic (exact) mass is 188 g/mol. The van der Waals surface area contributed by atoms with Crippen LogP contribution in [0.3, 0.4) is 0 Å². The minimum Gasteiger partial charge on any atom is -0.405 e. The number of ether oxygens (including phenoxy) is 1. The lowest BCUT2D eigenvalue weighted by molar-refractivity contribution is -0.320. The Balaban J connectivity index is 4.19. The predicted octanol–water partition coefficient (Wildman–Crippen LogP) is 0.934. The molecule has 0 aromatic rings. The second kappa shape index (κ2) is 4.99. The summed E-state index contributed by atoms with van der Waals surface area (Å²) < 4.78 is 4.43. The molecule has 0 radical (unpaired) electrons. The first-order valence-electron chi connectivity index (χ1n) is 4.24. The van der Waals surface area contributed by atoms with Gasteiger partial charge in [0.05, 0.1) is 0 Å². The van der Waals surface area contributed by atoms with E-state index in [0.717, 1.165) is 0 Å². The molecule has 13 heavy (non-hydrogen) atoms. The van der Waals surface area contributed by atoms with Gasteiger partial charge in [-0.3, -0.25) is 0 Å². The Morgan fingerprint density at radius 1 is 1.54 bits per heavy atom. The molecule has 0 saturated heterocycles. The molecule has 2 N–H and O–H groups in total. The van der Waals surface area contributed by atoms with E-state index in [1.165, 1.54) is 0 Å². The van der Waals surface area contributed by atoms with Crippen LogP contribution in [0.25, 0.3) is 0 Å². The van der Waals surface area contributed by atoms with Gasteiger partial charge in [0.2, 0.25) is 0 Å². The molecule has 0 unspecified atom stereocenters. The number of allylic oxidation sites excluding steroid dienone is 1. The number of rotatable bonds is 4. The Bertz CT molecular complexity index is 206. The number of hydrogen-bond acceptors (Lipinski definition) is 4. The lowest BCUT2D eigenvalue weighted by Crippen LogP contribution is -2.34. The molecule has 0 aliphatic rings. The van der Waals surface area contributed by atoms with Crippen LogP contribution in [0.15, 0.2) is 11.6 Å². The largest absolute Gasteiger partial charge is 0.405 e. The summed E-state index contributed by atoms with van der Waals surface area (Å²) in [7, 11) is 0. The summed E-state index contributed by atoms with van der Waals surface area (Å²) in [6.07, 6.45) is 2.08. The number of aliphatic hydroxyl groups is 2. The van der Waals surface area contributed by atoms with Crippen LogP contribution < -0.4 is 0 Å². The van der Waals surface area contributed by atoms with Gasteiger partial charge in [0.15, 0.2) is 0 Å². The van der Waals surface area contributed by atoms with Crippen LogP contribution in [-0.4, -0.2) is 22.2 Å². The number of esters is 1. The lowest BCUT2D eigenvalue weighted by atomic mass is 10.3. The second-order valence-corrected chi connectivity index (χ2v) is 2.85. The van der Waals surface area contributed by atoms with Crippen LogP contribution >= 0.6 is 0 Å². The highest BCUT2D eigenvalue weighted by atomic mass is 16.8. The molecule has 76 valence electrons. The Labute approximate surface area is 77.8 Å². The molecule has 0 heterocycles. The van der Waals surface area contributed by atoms with Gasteiger partial charge in [0.25, 0.3) is 0 Å². The van der Waals surface area contributed by atoms with Crippen molar-refractivity contribution in [1.82, 2.24) is 0 Å². The fourth-order valence-electron chi connectivity index (χ4n) is 0.724. The fourth-order valence-corrected chi connectivity index (χ4v) is 0.724. The first-order valence-corrected chi connectivity index (χ1v) is 4.24. The average molecular weight is 188 g/mol. The minimum absolute atomic E-state index is 0.00966. The zero-order valence-electron chi connectivity index (χ0n) is 8.20. The van der Waals surface area contributed by atoms with E-state index in [1.807, 2.05) is 0 Å².